The molecule has 0 aromatic rings. The standard InChI is InChI=1S/C13H27NO4Si/c1-19(2,3)7-5-4-6-14-8-11(16)13(18)12(17)10(14)9-15/h5,7,10-13,15-18H,4,6,8-9H2,1-3H3/b7-5+/t10-,11+,12-,13-/m1/s1. The van der Waals surface area contributed by atoms with E-state index in [0.717, 1.165) is 6.42 Å². The van der Waals surface area contributed by atoms with Gasteiger partial charge in [-0.2, -0.15) is 0 Å². The first-order chi connectivity index (χ1) is 8.76. The molecule has 0 aliphatic carbocycles. The van der Waals surface area contributed by atoms with E-state index >= 15 is 0 Å². The Morgan fingerprint density at radius 3 is 2.32 bits per heavy atom. The van der Waals surface area contributed by atoms with Crippen molar-refractivity contribution < 1.29 is 20.4 Å². The van der Waals surface area contributed by atoms with Crippen molar-refractivity contribution in [2.24, 2.45) is 0 Å². The Morgan fingerprint density at radius 2 is 1.79 bits per heavy atom. The third kappa shape index (κ3) is 4.98. The quantitative estimate of drug-likeness (QED) is 0.516. The van der Waals surface area contributed by atoms with Gasteiger partial charge in [-0.25, -0.2) is 0 Å². The van der Waals surface area contributed by atoms with Crippen molar-refractivity contribution in [3.05, 3.63) is 11.8 Å². The molecule has 0 aromatic heterocycles. The molecule has 112 valence electrons. The van der Waals surface area contributed by atoms with Gasteiger partial charge in [0.25, 0.3) is 0 Å². The lowest BCUT2D eigenvalue weighted by molar-refractivity contribution is -0.144. The minimum Gasteiger partial charge on any atom is -0.395 e. The van der Waals surface area contributed by atoms with Crippen molar-refractivity contribution in [3.8, 4) is 0 Å². The van der Waals surface area contributed by atoms with E-state index in [9.17, 15) is 20.4 Å². The monoisotopic (exact) mass is 289 g/mol. The normalized spacial score (nSPS) is 34.1. The van der Waals surface area contributed by atoms with Crippen LogP contribution in [0.5, 0.6) is 0 Å². The highest BCUT2D eigenvalue weighted by Gasteiger charge is 2.40. The summed E-state index contributed by atoms with van der Waals surface area (Å²) in [5.41, 5.74) is 2.26. The molecular formula is C13H27NO4Si. The summed E-state index contributed by atoms with van der Waals surface area (Å²) < 4.78 is 0. The number of likely N-dealkylation sites (tertiary alicyclic amines) is 1. The zero-order valence-corrected chi connectivity index (χ0v) is 13.0. The lowest BCUT2D eigenvalue weighted by atomic mass is 9.94. The van der Waals surface area contributed by atoms with Gasteiger partial charge >= 0.3 is 0 Å². The molecule has 4 N–H and O–H groups in total. The van der Waals surface area contributed by atoms with Gasteiger partial charge in [0.1, 0.15) is 12.2 Å². The molecule has 6 heteroatoms. The summed E-state index contributed by atoms with van der Waals surface area (Å²) in [7, 11) is -1.19. The topological polar surface area (TPSA) is 84.2 Å². The van der Waals surface area contributed by atoms with Gasteiger partial charge in [-0.05, 0) is 6.42 Å². The third-order valence-corrected chi connectivity index (χ3v) is 4.65. The molecule has 0 unspecified atom stereocenters. The van der Waals surface area contributed by atoms with Crippen LogP contribution in [0.4, 0.5) is 0 Å². The van der Waals surface area contributed by atoms with E-state index in [1.807, 2.05) is 4.90 Å². The highest BCUT2D eigenvalue weighted by Crippen LogP contribution is 2.19. The molecule has 0 radical (unpaired) electrons. The molecule has 1 fully saturated rings. The molecule has 1 heterocycles. The molecule has 0 bridgehead atoms. The average Bonchev–Trinajstić information content (AvgIpc) is 2.31. The van der Waals surface area contributed by atoms with Gasteiger partial charge in [-0.3, -0.25) is 4.90 Å². The summed E-state index contributed by atoms with van der Waals surface area (Å²) in [4.78, 5) is 1.84. The van der Waals surface area contributed by atoms with E-state index in [1.165, 1.54) is 0 Å². The van der Waals surface area contributed by atoms with Gasteiger partial charge < -0.3 is 20.4 Å². The predicted molar refractivity (Wildman–Crippen MR) is 77.6 cm³/mol. The summed E-state index contributed by atoms with van der Waals surface area (Å²) in [5.74, 6) is 0. The highest BCUT2D eigenvalue weighted by atomic mass is 28.3. The highest BCUT2D eigenvalue weighted by molar-refractivity contribution is 6.80. The minimum atomic E-state index is -1.19. The zero-order valence-electron chi connectivity index (χ0n) is 12.0. The van der Waals surface area contributed by atoms with Crippen LogP contribution in [0.3, 0.4) is 0 Å². The molecule has 19 heavy (non-hydrogen) atoms. The van der Waals surface area contributed by atoms with E-state index in [1.54, 1.807) is 0 Å². The van der Waals surface area contributed by atoms with Crippen molar-refractivity contribution in [1.82, 2.24) is 4.90 Å². The summed E-state index contributed by atoms with van der Waals surface area (Å²) >= 11 is 0. The molecule has 1 saturated heterocycles. The molecule has 0 aromatic carbocycles. The van der Waals surface area contributed by atoms with Crippen LogP contribution >= 0.6 is 0 Å². The first-order valence-corrected chi connectivity index (χ1v) is 10.4. The fourth-order valence-corrected chi connectivity index (χ4v) is 3.19. The van der Waals surface area contributed by atoms with Crippen LogP contribution in [0.25, 0.3) is 0 Å². The van der Waals surface area contributed by atoms with Gasteiger partial charge in [0.05, 0.1) is 26.8 Å². The first-order valence-electron chi connectivity index (χ1n) is 6.83. The number of β-amino-alcohol motifs (C(OH)–C–C–N with tert-alkyl or cyclic N) is 1. The summed E-state index contributed by atoms with van der Waals surface area (Å²) in [5, 5.41) is 38.4. The Morgan fingerprint density at radius 1 is 1.16 bits per heavy atom. The van der Waals surface area contributed by atoms with Crippen molar-refractivity contribution in [1.29, 1.82) is 0 Å². The fourth-order valence-electron chi connectivity index (χ4n) is 2.31. The largest absolute Gasteiger partial charge is 0.395 e. The maximum atomic E-state index is 9.84. The Labute approximate surface area is 116 Å². The Balaban J connectivity index is 2.54. The number of nitrogens with zero attached hydrogens (tertiary/aromatic N) is 1. The molecule has 0 saturated carbocycles. The Bertz CT molecular complexity index is 306. The molecule has 1 aliphatic rings. The maximum Gasteiger partial charge on any atom is 0.109 e. The molecule has 0 amide bonds. The molecule has 4 atom stereocenters. The van der Waals surface area contributed by atoms with Crippen LogP contribution in [-0.2, 0) is 0 Å². The smallest absolute Gasteiger partial charge is 0.109 e. The van der Waals surface area contributed by atoms with Gasteiger partial charge in [-0.1, -0.05) is 31.4 Å². The van der Waals surface area contributed by atoms with Gasteiger partial charge in [0.2, 0.25) is 0 Å². The van der Waals surface area contributed by atoms with E-state index in [4.69, 9.17) is 0 Å². The Kier molecular flexibility index (Phi) is 6.16. The SMILES string of the molecule is C[Si](C)(C)/C=C/CCN1C[C@H](O)[C@@H](O)[C@H](O)[C@H]1CO. The van der Waals surface area contributed by atoms with E-state index in [0.29, 0.717) is 6.54 Å². The minimum absolute atomic E-state index is 0.220. The summed E-state index contributed by atoms with van der Waals surface area (Å²) in [6.07, 6.45) is -0.291. The second kappa shape index (κ2) is 6.96. The van der Waals surface area contributed by atoms with Crippen molar-refractivity contribution >= 4 is 8.07 Å². The molecule has 0 spiro atoms. The van der Waals surface area contributed by atoms with E-state index < -0.39 is 32.4 Å². The van der Waals surface area contributed by atoms with Crippen LogP contribution in [0, 0.1) is 0 Å². The van der Waals surface area contributed by atoms with Crippen molar-refractivity contribution in [3.63, 3.8) is 0 Å². The van der Waals surface area contributed by atoms with Crippen LogP contribution < -0.4 is 0 Å². The molecule has 1 aliphatic heterocycles. The second-order valence-corrected chi connectivity index (χ2v) is 11.4. The molecular weight excluding hydrogens is 262 g/mol. The van der Waals surface area contributed by atoms with E-state index in [-0.39, 0.29) is 13.2 Å². The van der Waals surface area contributed by atoms with Gasteiger partial charge in [0.15, 0.2) is 0 Å². The molecule has 1 rings (SSSR count). The number of hydrogen-bond donors (Lipinski definition) is 4. The van der Waals surface area contributed by atoms with Crippen LogP contribution in [0.15, 0.2) is 11.8 Å². The number of piperidine rings is 1. The average molecular weight is 289 g/mol. The van der Waals surface area contributed by atoms with Crippen molar-refractivity contribution in [2.75, 3.05) is 19.7 Å². The molecule has 5 nitrogen and oxygen atoms in total. The first kappa shape index (κ1) is 16.8. The number of rotatable bonds is 5. The maximum absolute atomic E-state index is 9.84. The predicted octanol–water partition coefficient (Wildman–Crippen LogP) is -0.431. The van der Waals surface area contributed by atoms with Crippen LogP contribution in [0.1, 0.15) is 6.42 Å². The van der Waals surface area contributed by atoms with Gasteiger partial charge in [0, 0.05) is 13.1 Å². The van der Waals surface area contributed by atoms with E-state index in [2.05, 4.69) is 31.4 Å². The lowest BCUT2D eigenvalue weighted by Gasteiger charge is -2.43. The summed E-state index contributed by atoms with van der Waals surface area (Å²) in [6.45, 7) is 7.49. The number of hydrogen-bond acceptors (Lipinski definition) is 5. The number of aliphatic hydroxyl groups is 4. The van der Waals surface area contributed by atoms with Crippen LogP contribution in [-0.4, -0.2) is 77.5 Å². The summed E-state index contributed by atoms with van der Waals surface area (Å²) in [6, 6.07) is -0.501. The lowest BCUT2D eigenvalue weighted by Crippen LogP contribution is -2.62. The fraction of sp³-hybridized carbons (Fsp3) is 0.846. The zero-order chi connectivity index (χ0) is 14.6. The van der Waals surface area contributed by atoms with Crippen LogP contribution in [0.2, 0.25) is 19.6 Å². The Hall–Kier alpha value is -0.243. The second-order valence-electron chi connectivity index (χ2n) is 6.35. The van der Waals surface area contributed by atoms with Gasteiger partial charge in [-0.15, -0.1) is 0 Å². The number of aliphatic hydroxyl groups excluding tert-OH is 4. The van der Waals surface area contributed by atoms with Crippen molar-refractivity contribution in [2.45, 2.75) is 50.4 Å². The third-order valence-electron chi connectivity index (χ3n) is 3.42.